The van der Waals surface area contributed by atoms with Crippen molar-refractivity contribution in [1.29, 1.82) is 0 Å². The third-order valence-electron chi connectivity index (χ3n) is 4.35. The van der Waals surface area contributed by atoms with Gasteiger partial charge in [0.15, 0.2) is 11.5 Å². The second-order valence-electron chi connectivity index (χ2n) is 6.02. The van der Waals surface area contributed by atoms with Crippen LogP contribution in [0.1, 0.15) is 43.4 Å². The number of hydrazone groups is 1. The van der Waals surface area contributed by atoms with Gasteiger partial charge in [-0.2, -0.15) is 5.10 Å². The summed E-state index contributed by atoms with van der Waals surface area (Å²) in [5.41, 5.74) is 2.48. The fourth-order valence-electron chi connectivity index (χ4n) is 3.09. The van der Waals surface area contributed by atoms with Crippen LogP contribution in [0.4, 0.5) is 0 Å². The number of carbonyl (C=O) groups excluding carboxylic acids is 1. The Kier molecular flexibility index (Phi) is 5.03. The first-order valence-electron chi connectivity index (χ1n) is 8.46. The molecular weight excluding hydrogens is 316 g/mol. The average molecular weight is 338 g/mol. The predicted octanol–water partition coefficient (Wildman–Crippen LogP) is 3.88. The molecule has 2 aromatic carbocycles. The van der Waals surface area contributed by atoms with Gasteiger partial charge in [0.05, 0.1) is 18.9 Å². The average Bonchev–Trinajstić information content (AvgIpc) is 3.08. The SMILES string of the molecule is CCCC(=O)N1N=C(c2ccccc2)C[C@@H]1c1cccc(OC)c1O. The van der Waals surface area contributed by atoms with Gasteiger partial charge in [0.2, 0.25) is 5.91 Å². The highest BCUT2D eigenvalue weighted by Gasteiger charge is 2.34. The van der Waals surface area contributed by atoms with Crippen LogP contribution in [0.3, 0.4) is 0 Å². The maximum atomic E-state index is 12.6. The van der Waals surface area contributed by atoms with E-state index in [-0.39, 0.29) is 17.7 Å². The zero-order chi connectivity index (χ0) is 17.8. The number of phenols is 1. The summed E-state index contributed by atoms with van der Waals surface area (Å²) in [6.07, 6.45) is 1.73. The molecule has 0 radical (unpaired) electrons. The van der Waals surface area contributed by atoms with Gasteiger partial charge in [-0.15, -0.1) is 0 Å². The molecule has 0 saturated heterocycles. The van der Waals surface area contributed by atoms with Crippen molar-refractivity contribution in [3.8, 4) is 11.5 Å². The summed E-state index contributed by atoms with van der Waals surface area (Å²) in [6, 6.07) is 14.8. The Hall–Kier alpha value is -2.82. The standard InChI is InChI=1S/C20H22N2O3/c1-3-8-19(23)22-17(15-11-7-12-18(25-2)20(15)24)13-16(21-22)14-9-5-4-6-10-14/h4-7,9-12,17,24H,3,8,13H2,1-2H3/t17-/m1/s1. The Bertz CT molecular complexity index is 787. The molecule has 0 fully saturated rings. The molecule has 0 aromatic heterocycles. The highest BCUT2D eigenvalue weighted by Crippen LogP contribution is 2.41. The number of benzene rings is 2. The minimum Gasteiger partial charge on any atom is -0.504 e. The normalized spacial score (nSPS) is 16.6. The lowest BCUT2D eigenvalue weighted by atomic mass is 9.97. The Balaban J connectivity index is 1.99. The molecule has 130 valence electrons. The van der Waals surface area contributed by atoms with Crippen molar-refractivity contribution in [3.63, 3.8) is 0 Å². The van der Waals surface area contributed by atoms with Crippen molar-refractivity contribution in [2.75, 3.05) is 7.11 Å². The molecule has 1 aliphatic heterocycles. The van der Waals surface area contributed by atoms with Crippen LogP contribution < -0.4 is 4.74 Å². The number of rotatable bonds is 5. The minimum atomic E-state index is -0.329. The number of ether oxygens (including phenoxy) is 1. The molecule has 25 heavy (non-hydrogen) atoms. The molecule has 1 atom stereocenters. The van der Waals surface area contributed by atoms with Gasteiger partial charge >= 0.3 is 0 Å². The van der Waals surface area contributed by atoms with E-state index in [9.17, 15) is 9.90 Å². The predicted molar refractivity (Wildman–Crippen MR) is 96.7 cm³/mol. The van der Waals surface area contributed by atoms with Gasteiger partial charge in [0, 0.05) is 18.4 Å². The zero-order valence-electron chi connectivity index (χ0n) is 14.5. The van der Waals surface area contributed by atoms with Gasteiger partial charge in [0.25, 0.3) is 0 Å². The summed E-state index contributed by atoms with van der Waals surface area (Å²) in [5, 5.41) is 16.6. The molecule has 0 saturated carbocycles. The van der Waals surface area contributed by atoms with E-state index in [1.165, 1.54) is 12.1 Å². The number of phenolic OH excluding ortho intramolecular Hbond substituents is 1. The second-order valence-corrected chi connectivity index (χ2v) is 6.02. The van der Waals surface area contributed by atoms with Crippen molar-refractivity contribution < 1.29 is 14.6 Å². The topological polar surface area (TPSA) is 62.1 Å². The first-order valence-corrected chi connectivity index (χ1v) is 8.46. The van der Waals surface area contributed by atoms with E-state index < -0.39 is 0 Å². The highest BCUT2D eigenvalue weighted by molar-refractivity contribution is 6.03. The third kappa shape index (κ3) is 3.36. The van der Waals surface area contributed by atoms with Crippen LogP contribution in [0.25, 0.3) is 0 Å². The summed E-state index contributed by atoms with van der Waals surface area (Å²) in [5.74, 6) is 0.419. The summed E-state index contributed by atoms with van der Waals surface area (Å²) in [4.78, 5) is 12.6. The van der Waals surface area contributed by atoms with Crippen LogP contribution in [0.15, 0.2) is 53.6 Å². The second kappa shape index (κ2) is 7.38. The van der Waals surface area contributed by atoms with Crippen molar-refractivity contribution in [2.24, 2.45) is 5.10 Å². The van der Waals surface area contributed by atoms with Crippen molar-refractivity contribution in [1.82, 2.24) is 5.01 Å². The summed E-state index contributed by atoms with van der Waals surface area (Å²) in [6.45, 7) is 1.97. The van der Waals surface area contributed by atoms with Crippen molar-refractivity contribution in [2.45, 2.75) is 32.2 Å². The smallest absolute Gasteiger partial charge is 0.243 e. The van der Waals surface area contributed by atoms with E-state index >= 15 is 0 Å². The molecule has 5 nitrogen and oxygen atoms in total. The van der Waals surface area contributed by atoms with Gasteiger partial charge in [-0.05, 0) is 18.1 Å². The van der Waals surface area contributed by atoms with E-state index in [0.29, 0.717) is 24.2 Å². The number of amides is 1. The van der Waals surface area contributed by atoms with Crippen LogP contribution in [0.2, 0.25) is 0 Å². The summed E-state index contributed by atoms with van der Waals surface area (Å²) >= 11 is 0. The van der Waals surface area contributed by atoms with Gasteiger partial charge in [0.1, 0.15) is 0 Å². The fraction of sp³-hybridized carbons (Fsp3) is 0.300. The van der Waals surface area contributed by atoms with Crippen LogP contribution in [-0.2, 0) is 4.79 Å². The summed E-state index contributed by atoms with van der Waals surface area (Å²) < 4.78 is 5.21. The van der Waals surface area contributed by atoms with E-state index in [1.807, 2.05) is 49.4 Å². The Morgan fingerprint density at radius 2 is 2.00 bits per heavy atom. The van der Waals surface area contributed by atoms with E-state index in [4.69, 9.17) is 4.74 Å². The van der Waals surface area contributed by atoms with Crippen LogP contribution in [0, 0.1) is 0 Å². The number of para-hydroxylation sites is 1. The lowest BCUT2D eigenvalue weighted by Gasteiger charge is -2.23. The van der Waals surface area contributed by atoms with Crippen molar-refractivity contribution >= 4 is 11.6 Å². The highest BCUT2D eigenvalue weighted by atomic mass is 16.5. The Labute approximate surface area is 147 Å². The molecule has 1 N–H and O–H groups in total. The van der Waals surface area contributed by atoms with E-state index in [2.05, 4.69) is 5.10 Å². The maximum absolute atomic E-state index is 12.6. The third-order valence-corrected chi connectivity index (χ3v) is 4.35. The van der Waals surface area contributed by atoms with Gasteiger partial charge in [-0.3, -0.25) is 4.79 Å². The zero-order valence-corrected chi connectivity index (χ0v) is 14.5. The molecular formula is C20H22N2O3. The Morgan fingerprint density at radius 3 is 2.68 bits per heavy atom. The molecule has 3 rings (SSSR count). The molecule has 1 heterocycles. The molecule has 2 aromatic rings. The number of nitrogens with zero attached hydrogens (tertiary/aromatic N) is 2. The largest absolute Gasteiger partial charge is 0.504 e. The Morgan fingerprint density at radius 1 is 1.24 bits per heavy atom. The van der Waals surface area contributed by atoms with Gasteiger partial charge in [-0.25, -0.2) is 5.01 Å². The van der Waals surface area contributed by atoms with E-state index in [1.54, 1.807) is 6.07 Å². The van der Waals surface area contributed by atoms with Gasteiger partial charge < -0.3 is 9.84 Å². The van der Waals surface area contributed by atoms with Crippen LogP contribution >= 0.6 is 0 Å². The number of carbonyl (C=O) groups is 1. The lowest BCUT2D eigenvalue weighted by Crippen LogP contribution is -2.26. The van der Waals surface area contributed by atoms with Gasteiger partial charge in [-0.1, -0.05) is 49.4 Å². The molecule has 1 amide bonds. The van der Waals surface area contributed by atoms with E-state index in [0.717, 1.165) is 17.7 Å². The first-order chi connectivity index (χ1) is 12.2. The molecule has 0 bridgehead atoms. The molecule has 0 aliphatic carbocycles. The van der Waals surface area contributed by atoms with Crippen LogP contribution in [-0.4, -0.2) is 28.8 Å². The summed E-state index contributed by atoms with van der Waals surface area (Å²) in [7, 11) is 1.51. The quantitative estimate of drug-likeness (QED) is 0.900. The molecule has 0 spiro atoms. The number of hydrogen-bond acceptors (Lipinski definition) is 4. The first kappa shape index (κ1) is 17.0. The number of methoxy groups -OCH3 is 1. The monoisotopic (exact) mass is 338 g/mol. The van der Waals surface area contributed by atoms with Crippen LogP contribution in [0.5, 0.6) is 11.5 Å². The molecule has 5 heteroatoms. The molecule has 0 unspecified atom stereocenters. The van der Waals surface area contributed by atoms with Crippen molar-refractivity contribution in [3.05, 3.63) is 59.7 Å². The number of aromatic hydroxyl groups is 1. The lowest BCUT2D eigenvalue weighted by molar-refractivity contribution is -0.133. The maximum Gasteiger partial charge on any atom is 0.243 e. The minimum absolute atomic E-state index is 0.0411. The fourth-order valence-corrected chi connectivity index (χ4v) is 3.09. The number of hydrogen-bond donors (Lipinski definition) is 1. The molecule has 1 aliphatic rings.